The van der Waals surface area contributed by atoms with Crippen molar-refractivity contribution in [1.82, 2.24) is 15.5 Å². The fourth-order valence-corrected chi connectivity index (χ4v) is 1.94. The van der Waals surface area contributed by atoms with E-state index in [0.29, 0.717) is 18.5 Å². The lowest BCUT2D eigenvalue weighted by Gasteiger charge is -2.15. The van der Waals surface area contributed by atoms with Crippen molar-refractivity contribution in [3.63, 3.8) is 0 Å². The molecule has 0 fully saturated rings. The van der Waals surface area contributed by atoms with Gasteiger partial charge in [-0.2, -0.15) is 5.10 Å². The highest BCUT2D eigenvalue weighted by molar-refractivity contribution is 5.73. The van der Waals surface area contributed by atoms with Gasteiger partial charge < -0.3 is 5.11 Å². The topological polar surface area (TPSA) is 78.0 Å². The summed E-state index contributed by atoms with van der Waals surface area (Å²) in [6.07, 6.45) is 1.87. The first-order chi connectivity index (χ1) is 9.58. The number of hydrogen-bond acceptors (Lipinski definition) is 3. The Morgan fingerprint density at radius 1 is 1.50 bits per heavy atom. The second-order valence-electron chi connectivity index (χ2n) is 4.58. The fraction of sp³-hybridized carbons (Fsp3) is 0.286. The second-order valence-corrected chi connectivity index (χ2v) is 4.58. The average molecular weight is 277 g/mol. The highest BCUT2D eigenvalue weighted by atomic mass is 19.1. The number of rotatable bonds is 6. The molecule has 5 nitrogen and oxygen atoms in total. The molecule has 0 bridgehead atoms. The van der Waals surface area contributed by atoms with Crippen molar-refractivity contribution >= 4 is 5.97 Å². The number of halogens is 1. The lowest BCUT2D eigenvalue weighted by molar-refractivity contribution is -0.139. The molecule has 0 saturated heterocycles. The Hall–Kier alpha value is -2.21. The van der Waals surface area contributed by atoms with Gasteiger partial charge >= 0.3 is 5.97 Å². The number of aromatic amines is 1. The summed E-state index contributed by atoms with van der Waals surface area (Å²) in [6.45, 7) is 1.98. The van der Waals surface area contributed by atoms with E-state index < -0.39 is 12.0 Å². The Kier molecular flexibility index (Phi) is 4.47. The van der Waals surface area contributed by atoms with E-state index in [1.165, 1.54) is 6.07 Å². The molecule has 1 unspecified atom stereocenters. The zero-order chi connectivity index (χ0) is 14.5. The molecular weight excluding hydrogens is 261 g/mol. The summed E-state index contributed by atoms with van der Waals surface area (Å²) >= 11 is 0. The maximum atomic E-state index is 13.4. The number of carboxylic acid groups (broad SMARTS) is 1. The predicted octanol–water partition coefficient (Wildman–Crippen LogP) is 1.64. The molecule has 1 heterocycles. The number of carboxylic acids is 1. The summed E-state index contributed by atoms with van der Waals surface area (Å²) in [5, 5.41) is 18.6. The number of aromatic nitrogens is 2. The molecule has 2 aromatic rings. The first kappa shape index (κ1) is 14.2. The Morgan fingerprint density at radius 3 is 2.95 bits per heavy atom. The largest absolute Gasteiger partial charge is 0.480 e. The van der Waals surface area contributed by atoms with Crippen LogP contribution in [-0.4, -0.2) is 27.3 Å². The maximum Gasteiger partial charge on any atom is 0.321 e. The molecule has 0 radical (unpaired) electrons. The molecule has 1 aromatic carbocycles. The summed E-state index contributed by atoms with van der Waals surface area (Å²) in [7, 11) is 0. The van der Waals surface area contributed by atoms with E-state index in [9.17, 15) is 14.3 Å². The van der Waals surface area contributed by atoms with Crippen LogP contribution >= 0.6 is 0 Å². The first-order valence-electron chi connectivity index (χ1n) is 6.26. The number of H-pyrrole nitrogens is 1. The quantitative estimate of drug-likeness (QED) is 0.750. The Morgan fingerprint density at radius 2 is 2.30 bits per heavy atom. The summed E-state index contributed by atoms with van der Waals surface area (Å²) in [6, 6.07) is 5.76. The molecule has 0 amide bonds. The number of aliphatic carboxylic acids is 1. The fourth-order valence-electron chi connectivity index (χ4n) is 1.94. The Labute approximate surface area is 115 Å². The van der Waals surface area contributed by atoms with Crippen molar-refractivity contribution in [3.8, 4) is 0 Å². The number of carbonyl (C=O) groups is 1. The van der Waals surface area contributed by atoms with Crippen LogP contribution in [0.1, 0.15) is 16.8 Å². The van der Waals surface area contributed by atoms with Crippen LogP contribution in [0.3, 0.4) is 0 Å². The van der Waals surface area contributed by atoms with Gasteiger partial charge in [-0.25, -0.2) is 4.39 Å². The predicted molar refractivity (Wildman–Crippen MR) is 71.7 cm³/mol. The molecule has 106 valence electrons. The molecule has 1 atom stereocenters. The van der Waals surface area contributed by atoms with Gasteiger partial charge in [0.2, 0.25) is 0 Å². The zero-order valence-electron chi connectivity index (χ0n) is 11.1. The third-order valence-corrected chi connectivity index (χ3v) is 3.20. The second kappa shape index (κ2) is 6.29. The van der Waals surface area contributed by atoms with Gasteiger partial charge in [0.05, 0.1) is 0 Å². The molecule has 2 rings (SSSR count). The van der Waals surface area contributed by atoms with Gasteiger partial charge in [0.25, 0.3) is 0 Å². The van der Waals surface area contributed by atoms with E-state index in [1.54, 1.807) is 31.3 Å². The van der Waals surface area contributed by atoms with Gasteiger partial charge in [-0.1, -0.05) is 12.1 Å². The molecule has 20 heavy (non-hydrogen) atoms. The van der Waals surface area contributed by atoms with E-state index in [0.717, 1.165) is 11.3 Å². The van der Waals surface area contributed by atoms with Crippen molar-refractivity contribution < 1.29 is 14.3 Å². The van der Waals surface area contributed by atoms with Crippen LogP contribution in [0, 0.1) is 12.7 Å². The van der Waals surface area contributed by atoms with Crippen molar-refractivity contribution in [2.45, 2.75) is 25.9 Å². The Bertz CT molecular complexity index is 584. The lowest BCUT2D eigenvalue weighted by atomic mass is 10.1. The smallest absolute Gasteiger partial charge is 0.321 e. The average Bonchev–Trinajstić information content (AvgIpc) is 2.91. The van der Waals surface area contributed by atoms with Gasteiger partial charge in [0, 0.05) is 24.9 Å². The third-order valence-electron chi connectivity index (χ3n) is 3.20. The third kappa shape index (κ3) is 3.42. The molecular formula is C14H16FN3O2. The molecule has 0 spiro atoms. The molecule has 0 aliphatic carbocycles. The monoisotopic (exact) mass is 277 g/mol. The van der Waals surface area contributed by atoms with Crippen LogP contribution in [-0.2, 0) is 17.8 Å². The maximum absolute atomic E-state index is 13.4. The molecule has 3 N–H and O–H groups in total. The molecule has 0 aliphatic heterocycles. The van der Waals surface area contributed by atoms with Crippen LogP contribution in [0.15, 0.2) is 30.5 Å². The van der Waals surface area contributed by atoms with Crippen LogP contribution in [0.4, 0.5) is 4.39 Å². The van der Waals surface area contributed by atoms with E-state index in [2.05, 4.69) is 15.5 Å². The standard InChI is InChI=1S/C14H16FN3O2/c1-9-10(3-2-4-12(9)15)8-16-13(14(19)20)7-11-5-6-17-18-11/h2-6,13,16H,7-8H2,1H3,(H,17,18)(H,19,20). The van der Waals surface area contributed by atoms with Crippen molar-refractivity contribution in [2.75, 3.05) is 0 Å². The number of nitrogens with one attached hydrogen (secondary N) is 2. The highest BCUT2D eigenvalue weighted by Gasteiger charge is 2.18. The zero-order valence-corrected chi connectivity index (χ0v) is 11.1. The van der Waals surface area contributed by atoms with Crippen LogP contribution in [0.25, 0.3) is 0 Å². The number of nitrogens with zero attached hydrogens (tertiary/aromatic N) is 1. The minimum absolute atomic E-state index is 0.287. The van der Waals surface area contributed by atoms with E-state index >= 15 is 0 Å². The van der Waals surface area contributed by atoms with Crippen LogP contribution < -0.4 is 5.32 Å². The van der Waals surface area contributed by atoms with Crippen molar-refractivity contribution in [1.29, 1.82) is 0 Å². The normalized spacial score (nSPS) is 12.3. The summed E-state index contributed by atoms with van der Waals surface area (Å²) < 4.78 is 13.4. The molecule has 0 aliphatic rings. The minimum atomic E-state index is -0.950. The summed E-state index contributed by atoms with van der Waals surface area (Å²) in [5.41, 5.74) is 2.02. The van der Waals surface area contributed by atoms with E-state index in [4.69, 9.17) is 0 Å². The van der Waals surface area contributed by atoms with E-state index in [1.807, 2.05) is 0 Å². The Balaban J connectivity index is 2.02. The summed E-state index contributed by atoms with van der Waals surface area (Å²) in [4.78, 5) is 11.2. The SMILES string of the molecule is Cc1c(F)cccc1CNC(Cc1ccn[nH]1)C(=O)O. The van der Waals surface area contributed by atoms with E-state index in [-0.39, 0.29) is 5.82 Å². The minimum Gasteiger partial charge on any atom is -0.480 e. The van der Waals surface area contributed by atoms with Gasteiger partial charge in [-0.15, -0.1) is 0 Å². The van der Waals surface area contributed by atoms with Crippen molar-refractivity contribution in [2.24, 2.45) is 0 Å². The molecule has 0 saturated carbocycles. The number of benzene rings is 1. The van der Waals surface area contributed by atoms with Gasteiger partial charge in [0.1, 0.15) is 11.9 Å². The first-order valence-corrected chi connectivity index (χ1v) is 6.26. The van der Waals surface area contributed by atoms with Crippen molar-refractivity contribution in [3.05, 3.63) is 53.1 Å². The van der Waals surface area contributed by atoms with Gasteiger partial charge in [-0.05, 0) is 30.2 Å². The molecule has 1 aromatic heterocycles. The lowest BCUT2D eigenvalue weighted by Crippen LogP contribution is -2.38. The summed E-state index contributed by atoms with van der Waals surface area (Å²) in [5.74, 6) is -1.24. The number of hydrogen-bond donors (Lipinski definition) is 3. The van der Waals surface area contributed by atoms with Gasteiger partial charge in [0.15, 0.2) is 0 Å². The highest BCUT2D eigenvalue weighted by Crippen LogP contribution is 2.12. The van der Waals surface area contributed by atoms with Crippen LogP contribution in [0.2, 0.25) is 0 Å². The van der Waals surface area contributed by atoms with Gasteiger partial charge in [-0.3, -0.25) is 15.2 Å². The molecule has 6 heteroatoms. The van der Waals surface area contributed by atoms with Crippen LogP contribution in [0.5, 0.6) is 0 Å².